The molecule has 0 amide bonds. The fraction of sp³-hybridized carbons (Fsp3) is 0.538. The van der Waals surface area contributed by atoms with E-state index >= 15 is 0 Å². The van der Waals surface area contributed by atoms with Gasteiger partial charge in [0.2, 0.25) is 10.0 Å². The molecule has 1 rings (SSSR count). The molecule has 0 saturated carbocycles. The number of sulfonamides is 1. The minimum Gasteiger partial charge on any atom is -0.398 e. The van der Waals surface area contributed by atoms with Crippen LogP contribution in [-0.4, -0.2) is 28.2 Å². The Morgan fingerprint density at radius 3 is 2.68 bits per heavy atom. The second-order valence-electron chi connectivity index (χ2n) is 4.38. The number of hydrogen-bond donors (Lipinski definition) is 2. The number of nitrogens with one attached hydrogen (secondary N) is 1. The second kappa shape index (κ2) is 7.47. The molecule has 0 spiro atoms. The van der Waals surface area contributed by atoms with E-state index in [0.717, 1.165) is 12.0 Å². The number of nitrogen functional groups attached to an aromatic ring is 1. The molecule has 0 aliphatic carbocycles. The van der Waals surface area contributed by atoms with Crippen LogP contribution in [0.1, 0.15) is 25.3 Å². The molecule has 0 fully saturated rings. The highest BCUT2D eigenvalue weighted by atomic mass is 32.2. The third-order valence-corrected chi connectivity index (χ3v) is 4.13. The number of ether oxygens (including phenoxy) is 1. The van der Waals surface area contributed by atoms with Crippen molar-refractivity contribution >= 4 is 15.7 Å². The molecular formula is C13H22N2O3S. The minimum atomic E-state index is -3.48. The Bertz CT molecular complexity index is 501. The Kier molecular flexibility index (Phi) is 6.27. The zero-order valence-corrected chi connectivity index (χ0v) is 12.3. The van der Waals surface area contributed by atoms with E-state index in [9.17, 15) is 8.42 Å². The predicted molar refractivity (Wildman–Crippen MR) is 76.5 cm³/mol. The van der Waals surface area contributed by atoms with Gasteiger partial charge in [-0.25, -0.2) is 13.1 Å². The molecule has 1 aromatic carbocycles. The van der Waals surface area contributed by atoms with E-state index in [0.29, 0.717) is 31.9 Å². The van der Waals surface area contributed by atoms with Crippen LogP contribution in [0.15, 0.2) is 23.1 Å². The standard InChI is InChI=1S/C13H22N2O3S/c1-3-8-18-9-4-7-15-19(16,17)12-6-5-11(2)13(14)10-12/h5-6,10,15H,3-4,7-9,14H2,1-2H3. The summed E-state index contributed by atoms with van der Waals surface area (Å²) in [6.07, 6.45) is 1.62. The van der Waals surface area contributed by atoms with Crippen molar-refractivity contribution in [2.45, 2.75) is 31.6 Å². The van der Waals surface area contributed by atoms with E-state index < -0.39 is 10.0 Å². The monoisotopic (exact) mass is 286 g/mol. The maximum Gasteiger partial charge on any atom is 0.240 e. The summed E-state index contributed by atoms with van der Waals surface area (Å²) in [4.78, 5) is 0.199. The van der Waals surface area contributed by atoms with E-state index in [1.807, 2.05) is 13.8 Å². The number of benzene rings is 1. The number of hydrogen-bond acceptors (Lipinski definition) is 4. The Morgan fingerprint density at radius 2 is 2.05 bits per heavy atom. The van der Waals surface area contributed by atoms with Crippen molar-refractivity contribution in [3.05, 3.63) is 23.8 Å². The van der Waals surface area contributed by atoms with Gasteiger partial charge in [0.15, 0.2) is 0 Å². The lowest BCUT2D eigenvalue weighted by molar-refractivity contribution is 0.133. The molecule has 108 valence electrons. The Balaban J connectivity index is 2.49. The van der Waals surface area contributed by atoms with Gasteiger partial charge in [-0.05, 0) is 37.5 Å². The molecule has 6 heteroatoms. The van der Waals surface area contributed by atoms with Crippen molar-refractivity contribution in [1.82, 2.24) is 4.72 Å². The molecule has 19 heavy (non-hydrogen) atoms. The van der Waals surface area contributed by atoms with Gasteiger partial charge in [0, 0.05) is 25.4 Å². The van der Waals surface area contributed by atoms with Gasteiger partial charge < -0.3 is 10.5 Å². The predicted octanol–water partition coefficient (Wildman–Crippen LogP) is 1.67. The topological polar surface area (TPSA) is 81.4 Å². The molecule has 0 aliphatic heterocycles. The van der Waals surface area contributed by atoms with Gasteiger partial charge in [0.1, 0.15) is 0 Å². The second-order valence-corrected chi connectivity index (χ2v) is 6.15. The molecule has 0 radical (unpaired) electrons. The molecule has 3 N–H and O–H groups in total. The number of aryl methyl sites for hydroxylation is 1. The highest BCUT2D eigenvalue weighted by molar-refractivity contribution is 7.89. The van der Waals surface area contributed by atoms with Gasteiger partial charge in [0.05, 0.1) is 4.90 Å². The molecular weight excluding hydrogens is 264 g/mol. The summed E-state index contributed by atoms with van der Waals surface area (Å²) in [5.41, 5.74) is 7.06. The van der Waals surface area contributed by atoms with Crippen molar-refractivity contribution in [3.63, 3.8) is 0 Å². The zero-order chi connectivity index (χ0) is 14.3. The van der Waals surface area contributed by atoms with E-state index in [2.05, 4.69) is 4.72 Å². The quantitative estimate of drug-likeness (QED) is 0.562. The van der Waals surface area contributed by atoms with Crippen molar-refractivity contribution in [2.75, 3.05) is 25.5 Å². The highest BCUT2D eigenvalue weighted by Gasteiger charge is 2.13. The molecule has 0 saturated heterocycles. The van der Waals surface area contributed by atoms with Crippen LogP contribution in [0.3, 0.4) is 0 Å². The van der Waals surface area contributed by atoms with Gasteiger partial charge in [0.25, 0.3) is 0 Å². The van der Waals surface area contributed by atoms with E-state index in [1.165, 1.54) is 6.07 Å². The first-order valence-electron chi connectivity index (χ1n) is 6.41. The van der Waals surface area contributed by atoms with Crippen LogP contribution >= 0.6 is 0 Å². The maximum atomic E-state index is 12.0. The van der Waals surface area contributed by atoms with Crippen molar-refractivity contribution in [1.29, 1.82) is 0 Å². The van der Waals surface area contributed by atoms with Crippen LogP contribution in [0.25, 0.3) is 0 Å². The van der Waals surface area contributed by atoms with Crippen LogP contribution in [0.5, 0.6) is 0 Å². The van der Waals surface area contributed by atoms with E-state index in [1.54, 1.807) is 12.1 Å². The summed E-state index contributed by atoms with van der Waals surface area (Å²) in [5, 5.41) is 0. The molecule has 0 heterocycles. The number of anilines is 1. The van der Waals surface area contributed by atoms with E-state index in [-0.39, 0.29) is 4.90 Å². The van der Waals surface area contributed by atoms with Gasteiger partial charge in [-0.2, -0.15) is 0 Å². The molecule has 0 unspecified atom stereocenters. The van der Waals surface area contributed by atoms with Gasteiger partial charge in [-0.3, -0.25) is 0 Å². The smallest absolute Gasteiger partial charge is 0.240 e. The lowest BCUT2D eigenvalue weighted by Crippen LogP contribution is -2.25. The zero-order valence-electron chi connectivity index (χ0n) is 11.5. The first kappa shape index (κ1) is 15.9. The molecule has 1 aromatic rings. The third-order valence-electron chi connectivity index (χ3n) is 2.67. The van der Waals surface area contributed by atoms with Crippen molar-refractivity contribution < 1.29 is 13.2 Å². The molecule has 0 aliphatic rings. The van der Waals surface area contributed by atoms with E-state index in [4.69, 9.17) is 10.5 Å². The van der Waals surface area contributed by atoms with Crippen molar-refractivity contribution in [3.8, 4) is 0 Å². The summed E-state index contributed by atoms with van der Waals surface area (Å²) in [7, 11) is -3.48. The molecule has 0 bridgehead atoms. The van der Waals surface area contributed by atoms with Crippen LogP contribution in [-0.2, 0) is 14.8 Å². The molecule has 0 atom stereocenters. The maximum absolute atomic E-state index is 12.0. The average molecular weight is 286 g/mol. The lowest BCUT2D eigenvalue weighted by Gasteiger charge is -2.08. The third kappa shape index (κ3) is 5.18. The summed E-state index contributed by atoms with van der Waals surface area (Å²) >= 11 is 0. The first-order chi connectivity index (χ1) is 8.97. The average Bonchev–Trinajstić information content (AvgIpc) is 2.36. The minimum absolute atomic E-state index is 0.199. The van der Waals surface area contributed by atoms with Crippen LogP contribution in [0, 0.1) is 6.92 Å². The SMILES string of the molecule is CCCOCCCNS(=O)(=O)c1ccc(C)c(N)c1. The molecule has 0 aromatic heterocycles. The first-order valence-corrected chi connectivity index (χ1v) is 7.89. The Hall–Kier alpha value is -1.11. The highest BCUT2D eigenvalue weighted by Crippen LogP contribution is 2.16. The largest absolute Gasteiger partial charge is 0.398 e. The summed E-state index contributed by atoms with van der Waals surface area (Å²) < 4.78 is 31.8. The lowest BCUT2D eigenvalue weighted by atomic mass is 10.2. The summed E-state index contributed by atoms with van der Waals surface area (Å²) in [6, 6.07) is 4.74. The Morgan fingerprint density at radius 1 is 1.32 bits per heavy atom. The Labute approximate surface area is 115 Å². The van der Waals surface area contributed by atoms with Gasteiger partial charge in [-0.15, -0.1) is 0 Å². The fourth-order valence-corrected chi connectivity index (χ4v) is 2.61. The van der Waals surface area contributed by atoms with Crippen molar-refractivity contribution in [2.24, 2.45) is 0 Å². The fourth-order valence-electron chi connectivity index (χ4n) is 1.50. The van der Waals surface area contributed by atoms with Gasteiger partial charge >= 0.3 is 0 Å². The van der Waals surface area contributed by atoms with Crippen LogP contribution in [0.2, 0.25) is 0 Å². The number of nitrogens with two attached hydrogens (primary N) is 1. The number of rotatable bonds is 8. The summed E-state index contributed by atoms with van der Waals surface area (Å²) in [6.45, 7) is 5.50. The normalized spacial score (nSPS) is 11.7. The summed E-state index contributed by atoms with van der Waals surface area (Å²) in [5.74, 6) is 0. The van der Waals surface area contributed by atoms with Crippen LogP contribution < -0.4 is 10.5 Å². The van der Waals surface area contributed by atoms with Crippen LogP contribution in [0.4, 0.5) is 5.69 Å². The van der Waals surface area contributed by atoms with Gasteiger partial charge in [-0.1, -0.05) is 13.0 Å². The molecule has 5 nitrogen and oxygen atoms in total.